The first-order valence-corrected chi connectivity index (χ1v) is 9.09. The minimum absolute atomic E-state index is 0.501. The predicted molar refractivity (Wildman–Crippen MR) is 92.7 cm³/mol. The number of benzene rings is 1. The van der Waals surface area contributed by atoms with Crippen molar-refractivity contribution < 1.29 is 4.21 Å². The van der Waals surface area contributed by atoms with E-state index in [9.17, 15) is 4.21 Å². The van der Waals surface area contributed by atoms with Crippen LogP contribution in [0.5, 0.6) is 0 Å². The van der Waals surface area contributed by atoms with Gasteiger partial charge in [0.05, 0.1) is 15.9 Å². The molecular weight excluding hydrogens is 306 g/mol. The van der Waals surface area contributed by atoms with Gasteiger partial charge in [0.1, 0.15) is 0 Å². The normalized spacial score (nSPS) is 19.2. The lowest BCUT2D eigenvalue weighted by Crippen LogP contribution is -2.23. The summed E-state index contributed by atoms with van der Waals surface area (Å²) in [5.74, 6) is 0. The molecule has 0 saturated carbocycles. The standard InChI is InChI=1S/C18H19N3OS/c22-23(16-7-2-1-3-8-16)21-13-14(12-15-6-4-10-19-15)18-17(21)9-5-11-20-18/h1-3,5,7-9,11,13,15,19H,4,6,10,12H2. The molecule has 2 unspecified atom stereocenters. The van der Waals surface area contributed by atoms with Gasteiger partial charge in [-0.15, -0.1) is 0 Å². The maximum Gasteiger partial charge on any atom is 0.157 e. The van der Waals surface area contributed by atoms with Gasteiger partial charge >= 0.3 is 0 Å². The van der Waals surface area contributed by atoms with E-state index in [1.165, 1.54) is 18.4 Å². The molecule has 1 aliphatic heterocycles. The predicted octanol–water partition coefficient (Wildman–Crippen LogP) is 2.90. The molecule has 1 aliphatic rings. The number of aromatic nitrogens is 2. The lowest BCUT2D eigenvalue weighted by atomic mass is 10.1. The number of hydrogen-bond acceptors (Lipinski definition) is 3. The molecule has 3 aromatic rings. The van der Waals surface area contributed by atoms with Crippen LogP contribution in [0.4, 0.5) is 0 Å². The summed E-state index contributed by atoms with van der Waals surface area (Å²) in [5, 5.41) is 3.53. The number of rotatable bonds is 4. The van der Waals surface area contributed by atoms with Gasteiger partial charge in [0.2, 0.25) is 0 Å². The Kier molecular flexibility index (Phi) is 3.97. The first-order chi connectivity index (χ1) is 11.3. The Labute approximate surface area is 138 Å². The Morgan fingerprint density at radius 3 is 2.87 bits per heavy atom. The van der Waals surface area contributed by atoms with Gasteiger partial charge in [-0.25, -0.2) is 4.21 Å². The number of hydrogen-bond donors (Lipinski definition) is 1. The van der Waals surface area contributed by atoms with Crippen molar-refractivity contribution in [2.45, 2.75) is 30.2 Å². The molecule has 1 saturated heterocycles. The summed E-state index contributed by atoms with van der Waals surface area (Å²) in [6.45, 7) is 1.09. The average molecular weight is 325 g/mol. The highest BCUT2D eigenvalue weighted by Gasteiger charge is 2.20. The molecule has 4 nitrogen and oxygen atoms in total. The highest BCUT2D eigenvalue weighted by Crippen LogP contribution is 2.24. The summed E-state index contributed by atoms with van der Waals surface area (Å²) >= 11 is 0. The van der Waals surface area contributed by atoms with E-state index < -0.39 is 11.0 Å². The lowest BCUT2D eigenvalue weighted by molar-refractivity contribution is 0.604. The van der Waals surface area contributed by atoms with Crippen molar-refractivity contribution in [2.24, 2.45) is 0 Å². The van der Waals surface area contributed by atoms with Crippen LogP contribution in [-0.4, -0.2) is 25.8 Å². The highest BCUT2D eigenvalue weighted by atomic mass is 32.2. The SMILES string of the molecule is O=S(c1ccccc1)n1cc(CC2CCCN2)c2ncccc21. The molecule has 0 radical (unpaired) electrons. The molecule has 2 atom stereocenters. The van der Waals surface area contributed by atoms with Crippen molar-refractivity contribution in [1.82, 2.24) is 14.3 Å². The Balaban J connectivity index is 1.76. The quantitative estimate of drug-likeness (QED) is 0.802. The van der Waals surface area contributed by atoms with Crippen LogP contribution in [0.2, 0.25) is 0 Å². The van der Waals surface area contributed by atoms with Crippen LogP contribution >= 0.6 is 0 Å². The van der Waals surface area contributed by atoms with E-state index in [-0.39, 0.29) is 0 Å². The molecule has 2 aromatic heterocycles. The van der Waals surface area contributed by atoms with E-state index in [4.69, 9.17) is 0 Å². The molecule has 5 heteroatoms. The van der Waals surface area contributed by atoms with Gasteiger partial charge in [-0.1, -0.05) is 18.2 Å². The van der Waals surface area contributed by atoms with Crippen molar-refractivity contribution >= 4 is 22.0 Å². The van der Waals surface area contributed by atoms with E-state index in [0.717, 1.165) is 28.9 Å². The second kappa shape index (κ2) is 6.26. The summed E-state index contributed by atoms with van der Waals surface area (Å²) in [5.41, 5.74) is 3.07. The number of fused-ring (bicyclic) bond motifs is 1. The zero-order valence-corrected chi connectivity index (χ0v) is 13.6. The van der Waals surface area contributed by atoms with Crippen molar-refractivity contribution in [2.75, 3.05) is 6.54 Å². The van der Waals surface area contributed by atoms with Crippen molar-refractivity contribution in [3.05, 3.63) is 60.4 Å². The molecule has 118 valence electrons. The fourth-order valence-corrected chi connectivity index (χ4v) is 4.39. The molecule has 3 heterocycles. The van der Waals surface area contributed by atoms with Gasteiger partial charge in [0.25, 0.3) is 0 Å². The topological polar surface area (TPSA) is 46.9 Å². The third kappa shape index (κ3) is 2.82. The van der Waals surface area contributed by atoms with Crippen molar-refractivity contribution in [3.63, 3.8) is 0 Å². The molecule has 4 rings (SSSR count). The molecular formula is C18H19N3OS. The van der Waals surface area contributed by atoms with Crippen LogP contribution in [0.15, 0.2) is 59.8 Å². The van der Waals surface area contributed by atoms with Crippen LogP contribution < -0.4 is 5.32 Å². The van der Waals surface area contributed by atoms with Crippen LogP contribution in [-0.2, 0) is 17.4 Å². The molecule has 1 fully saturated rings. The Morgan fingerprint density at radius 1 is 1.22 bits per heavy atom. The van der Waals surface area contributed by atoms with E-state index in [1.807, 2.05) is 58.8 Å². The molecule has 0 bridgehead atoms. The van der Waals surface area contributed by atoms with Gasteiger partial charge in [-0.3, -0.25) is 8.96 Å². The fraction of sp³-hybridized carbons (Fsp3) is 0.278. The highest BCUT2D eigenvalue weighted by molar-refractivity contribution is 7.83. The van der Waals surface area contributed by atoms with E-state index in [2.05, 4.69) is 10.3 Å². The van der Waals surface area contributed by atoms with E-state index in [0.29, 0.717) is 6.04 Å². The molecule has 1 aromatic carbocycles. The van der Waals surface area contributed by atoms with E-state index in [1.54, 1.807) is 0 Å². The molecule has 0 aliphatic carbocycles. The van der Waals surface area contributed by atoms with Crippen LogP contribution in [0.25, 0.3) is 11.0 Å². The Bertz CT molecular complexity index is 838. The van der Waals surface area contributed by atoms with Gasteiger partial charge in [0.15, 0.2) is 11.0 Å². The number of nitrogens with one attached hydrogen (secondary N) is 1. The van der Waals surface area contributed by atoms with Crippen LogP contribution in [0.1, 0.15) is 18.4 Å². The smallest absolute Gasteiger partial charge is 0.157 e. The summed E-state index contributed by atoms with van der Waals surface area (Å²) in [6.07, 6.45) is 7.19. The first-order valence-electron chi connectivity index (χ1n) is 7.98. The van der Waals surface area contributed by atoms with Gasteiger partial charge in [0, 0.05) is 18.4 Å². The van der Waals surface area contributed by atoms with Crippen LogP contribution in [0, 0.1) is 0 Å². The zero-order valence-electron chi connectivity index (χ0n) is 12.8. The second-order valence-corrected chi connectivity index (χ2v) is 7.27. The van der Waals surface area contributed by atoms with Gasteiger partial charge in [-0.05, 0) is 55.6 Å². The van der Waals surface area contributed by atoms with Crippen molar-refractivity contribution in [3.8, 4) is 0 Å². The summed E-state index contributed by atoms with van der Waals surface area (Å²) in [6, 6.07) is 14.0. The maximum absolute atomic E-state index is 12.9. The molecule has 1 N–H and O–H groups in total. The van der Waals surface area contributed by atoms with Crippen LogP contribution in [0.3, 0.4) is 0 Å². The molecule has 0 amide bonds. The second-order valence-electron chi connectivity index (χ2n) is 5.91. The lowest BCUT2D eigenvalue weighted by Gasteiger charge is -2.08. The monoisotopic (exact) mass is 325 g/mol. The number of nitrogens with zero attached hydrogens (tertiary/aromatic N) is 2. The maximum atomic E-state index is 12.9. The Hall–Kier alpha value is -1.98. The third-order valence-electron chi connectivity index (χ3n) is 4.35. The van der Waals surface area contributed by atoms with E-state index >= 15 is 0 Å². The Morgan fingerprint density at radius 2 is 2.09 bits per heavy atom. The summed E-state index contributed by atoms with van der Waals surface area (Å²) < 4.78 is 14.8. The molecule has 23 heavy (non-hydrogen) atoms. The molecule has 0 spiro atoms. The van der Waals surface area contributed by atoms with Gasteiger partial charge in [-0.2, -0.15) is 0 Å². The largest absolute Gasteiger partial charge is 0.314 e. The number of pyridine rings is 1. The zero-order chi connectivity index (χ0) is 15.6. The van der Waals surface area contributed by atoms with Gasteiger partial charge < -0.3 is 5.32 Å². The third-order valence-corrected chi connectivity index (χ3v) is 5.69. The summed E-state index contributed by atoms with van der Waals surface area (Å²) in [7, 11) is -1.25. The fourth-order valence-electron chi connectivity index (χ4n) is 3.23. The first kappa shape index (κ1) is 14.6. The van der Waals surface area contributed by atoms with Crippen molar-refractivity contribution in [1.29, 1.82) is 0 Å². The minimum atomic E-state index is -1.25. The average Bonchev–Trinajstić information content (AvgIpc) is 3.24. The minimum Gasteiger partial charge on any atom is -0.314 e. The summed E-state index contributed by atoms with van der Waals surface area (Å²) in [4.78, 5) is 5.34.